The third kappa shape index (κ3) is 4.93. The van der Waals surface area contributed by atoms with Crippen molar-refractivity contribution >= 4 is 26.9 Å². The summed E-state index contributed by atoms with van der Waals surface area (Å²) in [7, 11) is -4.08. The molecule has 11 heteroatoms. The smallest absolute Gasteiger partial charge is 0.350 e. The molecule has 0 radical (unpaired) electrons. The second kappa shape index (κ2) is 9.14. The zero-order chi connectivity index (χ0) is 26.4. The van der Waals surface area contributed by atoms with Crippen LogP contribution in [0.5, 0.6) is 0 Å². The molecule has 1 atom stereocenters. The fourth-order valence-corrected chi connectivity index (χ4v) is 5.93. The Labute approximate surface area is 212 Å². The largest absolute Gasteiger partial charge is 0.419 e. The van der Waals surface area contributed by atoms with Crippen molar-refractivity contribution in [3.05, 3.63) is 72.6 Å². The SMILES string of the molecule is CC1(C)CC[C@H](Nc2ncc(C(F)(F)F)c(-c3cn(S(=O)(=O)c4ccccc4)c4ccccc34)n2)CN1. The summed E-state index contributed by atoms with van der Waals surface area (Å²) in [5, 5.41) is 6.88. The van der Waals surface area contributed by atoms with Gasteiger partial charge in [0.15, 0.2) is 0 Å². The predicted molar refractivity (Wildman–Crippen MR) is 136 cm³/mol. The molecule has 1 aliphatic heterocycles. The molecule has 1 fully saturated rings. The molecule has 2 N–H and O–H groups in total. The minimum absolute atomic E-state index is 0.0174. The highest BCUT2D eigenvalue weighted by atomic mass is 32.2. The lowest BCUT2D eigenvalue weighted by molar-refractivity contribution is -0.137. The summed E-state index contributed by atoms with van der Waals surface area (Å²) in [5.74, 6) is 0.0530. The zero-order valence-corrected chi connectivity index (χ0v) is 21.1. The Morgan fingerprint density at radius 1 is 1.08 bits per heavy atom. The minimum atomic E-state index is -4.74. The van der Waals surface area contributed by atoms with Crippen LogP contribution in [0, 0.1) is 0 Å². The van der Waals surface area contributed by atoms with E-state index in [1.165, 1.54) is 18.3 Å². The summed E-state index contributed by atoms with van der Waals surface area (Å²) in [6.07, 6.45) is -1.11. The Morgan fingerprint density at radius 2 is 1.78 bits per heavy atom. The number of hydrogen-bond donors (Lipinski definition) is 2. The molecule has 0 amide bonds. The summed E-state index contributed by atoms with van der Waals surface area (Å²) in [5.41, 5.74) is -1.14. The molecule has 1 saturated heterocycles. The molecule has 3 heterocycles. The highest BCUT2D eigenvalue weighted by Gasteiger charge is 2.37. The number of nitrogens with one attached hydrogen (secondary N) is 2. The van der Waals surface area contributed by atoms with E-state index in [2.05, 4.69) is 34.4 Å². The zero-order valence-electron chi connectivity index (χ0n) is 20.2. The van der Waals surface area contributed by atoms with Gasteiger partial charge in [-0.25, -0.2) is 22.4 Å². The van der Waals surface area contributed by atoms with E-state index in [0.717, 1.165) is 23.0 Å². The van der Waals surface area contributed by atoms with Crippen LogP contribution in [0.3, 0.4) is 0 Å². The molecule has 4 aromatic rings. The first-order chi connectivity index (χ1) is 17.5. The van der Waals surface area contributed by atoms with Gasteiger partial charge in [0.2, 0.25) is 5.95 Å². The van der Waals surface area contributed by atoms with Gasteiger partial charge in [0.05, 0.1) is 16.1 Å². The summed E-state index contributed by atoms with van der Waals surface area (Å²) < 4.78 is 70.1. The van der Waals surface area contributed by atoms with E-state index >= 15 is 0 Å². The molecule has 0 bridgehead atoms. The Balaban J connectivity index is 1.64. The number of benzene rings is 2. The molecule has 37 heavy (non-hydrogen) atoms. The van der Waals surface area contributed by atoms with Crippen molar-refractivity contribution in [2.45, 2.75) is 49.3 Å². The second-order valence-electron chi connectivity index (χ2n) is 9.77. The first-order valence-corrected chi connectivity index (χ1v) is 13.3. The van der Waals surface area contributed by atoms with Gasteiger partial charge in [-0.15, -0.1) is 0 Å². The third-order valence-corrected chi connectivity index (χ3v) is 8.29. The topological polar surface area (TPSA) is 88.9 Å². The molecule has 0 saturated carbocycles. The number of alkyl halides is 3. The van der Waals surface area contributed by atoms with E-state index in [1.807, 2.05) is 0 Å². The van der Waals surface area contributed by atoms with Crippen LogP contribution in [0.4, 0.5) is 19.1 Å². The van der Waals surface area contributed by atoms with Crippen molar-refractivity contribution in [3.8, 4) is 11.3 Å². The fraction of sp³-hybridized carbons (Fsp3) is 0.308. The van der Waals surface area contributed by atoms with Gasteiger partial charge in [0.1, 0.15) is 5.56 Å². The van der Waals surface area contributed by atoms with Crippen LogP contribution >= 0.6 is 0 Å². The first kappa shape index (κ1) is 25.2. The second-order valence-corrected chi connectivity index (χ2v) is 11.6. The summed E-state index contributed by atoms with van der Waals surface area (Å²) in [6.45, 7) is 4.80. The van der Waals surface area contributed by atoms with Gasteiger partial charge in [0, 0.05) is 41.5 Å². The molecule has 7 nitrogen and oxygen atoms in total. The number of nitrogens with zero attached hydrogens (tertiary/aromatic N) is 3. The molecule has 5 rings (SSSR count). The number of anilines is 1. The molecule has 0 aliphatic carbocycles. The maximum absolute atomic E-state index is 14.1. The Kier molecular flexibility index (Phi) is 6.23. The van der Waals surface area contributed by atoms with Gasteiger partial charge in [-0.1, -0.05) is 36.4 Å². The van der Waals surface area contributed by atoms with Gasteiger partial charge in [0.25, 0.3) is 10.0 Å². The number of para-hydroxylation sites is 1. The van der Waals surface area contributed by atoms with Crippen molar-refractivity contribution in [1.82, 2.24) is 19.3 Å². The molecular weight excluding hydrogens is 503 g/mol. The lowest BCUT2D eigenvalue weighted by Gasteiger charge is -2.36. The van der Waals surface area contributed by atoms with Crippen molar-refractivity contribution < 1.29 is 21.6 Å². The number of hydrogen-bond acceptors (Lipinski definition) is 6. The normalized spacial score (nSPS) is 18.1. The van der Waals surface area contributed by atoms with Crippen LogP contribution in [0.1, 0.15) is 32.3 Å². The van der Waals surface area contributed by atoms with Gasteiger partial charge >= 0.3 is 6.18 Å². The van der Waals surface area contributed by atoms with Crippen molar-refractivity contribution in [2.75, 3.05) is 11.9 Å². The van der Waals surface area contributed by atoms with Crippen LogP contribution in [-0.2, 0) is 16.2 Å². The van der Waals surface area contributed by atoms with E-state index in [1.54, 1.807) is 42.5 Å². The molecule has 1 aliphatic rings. The van der Waals surface area contributed by atoms with E-state index < -0.39 is 21.8 Å². The van der Waals surface area contributed by atoms with Crippen LogP contribution < -0.4 is 10.6 Å². The number of piperidine rings is 1. The highest BCUT2D eigenvalue weighted by Crippen LogP contribution is 2.40. The van der Waals surface area contributed by atoms with Gasteiger partial charge in [-0.2, -0.15) is 13.2 Å². The van der Waals surface area contributed by atoms with E-state index in [0.29, 0.717) is 11.9 Å². The number of halogens is 3. The Bertz CT molecular complexity index is 1540. The standard InChI is InChI=1S/C26H26F3N5O2S/c1-25(2)13-12-17(14-31-25)32-24-30-15-21(26(27,28)29)23(33-24)20-16-34(22-11-7-6-10-19(20)22)37(35,36)18-8-4-3-5-9-18/h3-11,15-17,31H,12-14H2,1-2H3,(H,30,32,33)/t17-/m0/s1. The van der Waals surface area contributed by atoms with Crippen molar-refractivity contribution in [3.63, 3.8) is 0 Å². The first-order valence-electron chi connectivity index (χ1n) is 11.8. The Morgan fingerprint density at radius 3 is 2.46 bits per heavy atom. The lowest BCUT2D eigenvalue weighted by Crippen LogP contribution is -2.50. The van der Waals surface area contributed by atoms with Gasteiger partial charge in [-0.05, 0) is 44.9 Å². The van der Waals surface area contributed by atoms with E-state index in [9.17, 15) is 21.6 Å². The minimum Gasteiger partial charge on any atom is -0.350 e. The number of aromatic nitrogens is 3. The average Bonchev–Trinajstić information content (AvgIpc) is 3.26. The third-order valence-electron chi connectivity index (χ3n) is 6.61. The van der Waals surface area contributed by atoms with Crippen LogP contribution in [0.2, 0.25) is 0 Å². The van der Waals surface area contributed by atoms with Gasteiger partial charge < -0.3 is 10.6 Å². The van der Waals surface area contributed by atoms with Crippen molar-refractivity contribution in [2.24, 2.45) is 0 Å². The predicted octanol–water partition coefficient (Wildman–Crippen LogP) is 5.30. The Hall–Kier alpha value is -3.44. The molecule has 2 aromatic carbocycles. The maximum atomic E-state index is 14.1. The van der Waals surface area contributed by atoms with Crippen molar-refractivity contribution in [1.29, 1.82) is 0 Å². The quantitative estimate of drug-likeness (QED) is 0.365. The number of fused-ring (bicyclic) bond motifs is 1. The monoisotopic (exact) mass is 529 g/mol. The van der Waals surface area contributed by atoms with Crippen LogP contribution in [0.25, 0.3) is 22.2 Å². The lowest BCUT2D eigenvalue weighted by atomic mass is 9.91. The van der Waals surface area contributed by atoms with Crippen LogP contribution in [-0.4, -0.2) is 40.5 Å². The van der Waals surface area contributed by atoms with Crippen LogP contribution in [0.15, 0.2) is 71.9 Å². The summed E-state index contributed by atoms with van der Waals surface area (Å²) in [6, 6.07) is 14.1. The molecule has 0 spiro atoms. The molecule has 2 aromatic heterocycles. The highest BCUT2D eigenvalue weighted by molar-refractivity contribution is 7.90. The maximum Gasteiger partial charge on any atom is 0.419 e. The molecule has 194 valence electrons. The fourth-order valence-electron chi connectivity index (χ4n) is 4.54. The van der Waals surface area contributed by atoms with E-state index in [-0.39, 0.29) is 39.2 Å². The average molecular weight is 530 g/mol. The molecule has 0 unspecified atom stereocenters. The summed E-state index contributed by atoms with van der Waals surface area (Å²) >= 11 is 0. The summed E-state index contributed by atoms with van der Waals surface area (Å²) in [4.78, 5) is 8.25. The molecular formula is C26H26F3N5O2S. The van der Waals surface area contributed by atoms with Gasteiger partial charge in [-0.3, -0.25) is 0 Å². The van der Waals surface area contributed by atoms with E-state index in [4.69, 9.17) is 0 Å². The number of rotatable bonds is 5.